The van der Waals surface area contributed by atoms with Crippen molar-refractivity contribution in [1.29, 1.82) is 5.41 Å². The number of phenolic OH excluding ortho intramolecular Hbond substituents is 1. The maximum absolute atomic E-state index is 15.4. The molecule has 1 aliphatic rings. The normalized spacial score (nSPS) is 13.1. The van der Waals surface area contributed by atoms with Crippen molar-refractivity contribution in [2.45, 2.75) is 4.90 Å². The molecule has 0 amide bonds. The Bertz CT molecular complexity index is 1650. The highest BCUT2D eigenvalue weighted by Crippen LogP contribution is 2.38. The van der Waals surface area contributed by atoms with Gasteiger partial charge in [-0.3, -0.25) is 15.2 Å². The lowest BCUT2D eigenvalue weighted by atomic mass is 10.1. The summed E-state index contributed by atoms with van der Waals surface area (Å²) < 4.78 is 71.1. The summed E-state index contributed by atoms with van der Waals surface area (Å²) in [4.78, 5) is 21.0. The number of hydrogen-bond acceptors (Lipinski definition) is 11. The van der Waals surface area contributed by atoms with Crippen molar-refractivity contribution in [2.75, 3.05) is 33.0 Å². The molecule has 3 aromatic rings. The van der Waals surface area contributed by atoms with Crippen LogP contribution in [0.5, 0.6) is 28.9 Å². The molecule has 1 aromatic heterocycles. The number of amidine groups is 2. The topological polar surface area (TPSA) is 177 Å². The molecule has 12 nitrogen and oxygen atoms in total. The van der Waals surface area contributed by atoms with Gasteiger partial charge in [0.1, 0.15) is 17.4 Å². The van der Waals surface area contributed by atoms with Gasteiger partial charge in [0.05, 0.1) is 30.3 Å². The van der Waals surface area contributed by atoms with E-state index >= 15 is 4.39 Å². The largest absolute Gasteiger partial charge is 0.504 e. The number of phenols is 1. The van der Waals surface area contributed by atoms with Crippen molar-refractivity contribution in [2.24, 2.45) is 10.7 Å². The molecule has 0 unspecified atom stereocenters. The average molecular weight is 576 g/mol. The predicted molar refractivity (Wildman–Crippen MR) is 138 cm³/mol. The van der Waals surface area contributed by atoms with Gasteiger partial charge in [-0.1, -0.05) is 0 Å². The number of hydrogen-bond donors (Lipinski definition) is 3. The Morgan fingerprint density at radius 1 is 1.18 bits per heavy atom. The van der Waals surface area contributed by atoms with Crippen LogP contribution >= 0.6 is 0 Å². The van der Waals surface area contributed by atoms with Crippen LogP contribution in [0.4, 0.5) is 8.78 Å². The van der Waals surface area contributed by atoms with Gasteiger partial charge >= 0.3 is 5.97 Å². The van der Waals surface area contributed by atoms with E-state index in [1.807, 2.05) is 0 Å². The molecule has 0 fully saturated rings. The lowest BCUT2D eigenvalue weighted by Gasteiger charge is -2.19. The molecular weight excluding hydrogens is 552 g/mol. The molecule has 2 aromatic carbocycles. The number of esters is 1. The molecule has 0 spiro atoms. The summed E-state index contributed by atoms with van der Waals surface area (Å²) in [6, 6.07) is 7.16. The van der Waals surface area contributed by atoms with Crippen LogP contribution in [-0.2, 0) is 19.4 Å². The fraction of sp³-hybridized carbons (Fsp3) is 0.200. The van der Waals surface area contributed by atoms with Gasteiger partial charge in [0, 0.05) is 19.2 Å². The maximum Gasteiger partial charge on any atom is 0.321 e. The van der Waals surface area contributed by atoms with Crippen LogP contribution in [0, 0.1) is 17.0 Å². The quantitative estimate of drug-likeness (QED) is 0.195. The SMILES string of the molecule is COC(=O)CS(=O)(=O)c1ccc(Oc2c(F)cnc(Oc3cc(C(=N)N)ccc3O)c2F)c(C2=NCCN2C)c1. The number of aromatic nitrogens is 1. The van der Waals surface area contributed by atoms with Crippen molar-refractivity contribution < 1.29 is 41.3 Å². The number of nitrogens with zero attached hydrogens (tertiary/aromatic N) is 3. The van der Waals surface area contributed by atoms with Crippen LogP contribution in [0.2, 0.25) is 0 Å². The average Bonchev–Trinajstić information content (AvgIpc) is 3.34. The van der Waals surface area contributed by atoms with Gasteiger partial charge in [0.15, 0.2) is 32.9 Å². The number of aliphatic imine (C=N–C) groups is 1. The van der Waals surface area contributed by atoms with Gasteiger partial charge < -0.3 is 30.0 Å². The standard InChI is InChI=1S/C25H23F2N5O7S/c1-32-8-7-30-24(32)15-10-14(40(35,36)12-20(34)37-2)4-6-18(15)38-22-16(26)11-31-25(21(22)27)39-19-9-13(23(28)29)3-5-17(19)33/h3-6,9-11,33H,7-8,12H2,1-2H3,(H3,28,29). The van der Waals surface area contributed by atoms with E-state index in [1.165, 1.54) is 30.3 Å². The molecule has 40 heavy (non-hydrogen) atoms. The zero-order valence-corrected chi connectivity index (χ0v) is 22.0. The van der Waals surface area contributed by atoms with E-state index in [-0.39, 0.29) is 33.4 Å². The first kappa shape index (κ1) is 28.2. The molecule has 1 aliphatic heterocycles. The summed E-state index contributed by atoms with van der Waals surface area (Å²) in [7, 11) is -1.39. The molecule has 0 aliphatic carbocycles. The number of aromatic hydroxyl groups is 1. The van der Waals surface area contributed by atoms with Crippen LogP contribution in [0.15, 0.2) is 52.5 Å². The van der Waals surface area contributed by atoms with Crippen molar-refractivity contribution in [3.8, 4) is 28.9 Å². The highest BCUT2D eigenvalue weighted by atomic mass is 32.2. The van der Waals surface area contributed by atoms with E-state index in [0.717, 1.165) is 13.2 Å². The van der Waals surface area contributed by atoms with Crippen LogP contribution in [0.25, 0.3) is 0 Å². The number of nitrogen functional groups attached to an aromatic ring is 1. The minimum atomic E-state index is -4.13. The van der Waals surface area contributed by atoms with E-state index in [4.69, 9.17) is 20.6 Å². The smallest absolute Gasteiger partial charge is 0.321 e. The van der Waals surface area contributed by atoms with E-state index < -0.39 is 50.6 Å². The lowest BCUT2D eigenvalue weighted by Crippen LogP contribution is -2.24. The number of likely N-dealkylation sites (N-methyl/N-ethyl adjacent to an activating group) is 1. The molecule has 4 rings (SSSR count). The number of methoxy groups -OCH3 is 1. The molecule has 210 valence electrons. The predicted octanol–water partition coefficient (Wildman–Crippen LogP) is 2.57. The van der Waals surface area contributed by atoms with Crippen LogP contribution in [0.3, 0.4) is 0 Å². The summed E-state index contributed by atoms with van der Waals surface area (Å²) in [6.07, 6.45) is 0.633. The molecule has 0 saturated carbocycles. The first-order chi connectivity index (χ1) is 18.9. The molecule has 4 N–H and O–H groups in total. The summed E-state index contributed by atoms with van der Waals surface area (Å²) >= 11 is 0. The van der Waals surface area contributed by atoms with E-state index in [0.29, 0.717) is 25.1 Å². The highest BCUT2D eigenvalue weighted by molar-refractivity contribution is 7.92. The van der Waals surface area contributed by atoms with Crippen molar-refractivity contribution >= 4 is 27.5 Å². The summed E-state index contributed by atoms with van der Waals surface area (Å²) in [6.45, 7) is 0.871. The Kier molecular flexibility index (Phi) is 7.86. The van der Waals surface area contributed by atoms with Gasteiger partial charge in [0.25, 0.3) is 5.88 Å². The van der Waals surface area contributed by atoms with Crippen LogP contribution in [-0.4, -0.2) is 74.0 Å². The number of benzene rings is 2. The molecule has 0 saturated heterocycles. The van der Waals surface area contributed by atoms with Gasteiger partial charge in [-0.25, -0.2) is 17.8 Å². The second-order valence-electron chi connectivity index (χ2n) is 8.47. The number of sulfone groups is 1. The highest BCUT2D eigenvalue weighted by Gasteiger charge is 2.27. The summed E-state index contributed by atoms with van der Waals surface area (Å²) in [5.74, 6) is -7.09. The zero-order chi connectivity index (χ0) is 29.2. The molecule has 0 radical (unpaired) electrons. The fourth-order valence-corrected chi connectivity index (χ4v) is 4.83. The first-order valence-corrected chi connectivity index (χ1v) is 13.1. The molecule has 0 bridgehead atoms. The van der Waals surface area contributed by atoms with Gasteiger partial charge in [-0.15, -0.1) is 0 Å². The number of ether oxygens (including phenoxy) is 3. The third-order valence-electron chi connectivity index (χ3n) is 5.73. The van der Waals surface area contributed by atoms with Crippen LogP contribution < -0.4 is 15.2 Å². The van der Waals surface area contributed by atoms with Crippen LogP contribution in [0.1, 0.15) is 11.1 Å². The monoisotopic (exact) mass is 575 g/mol. The third-order valence-corrected chi connectivity index (χ3v) is 7.32. The Morgan fingerprint density at radius 2 is 1.93 bits per heavy atom. The third kappa shape index (κ3) is 5.78. The lowest BCUT2D eigenvalue weighted by molar-refractivity contribution is -0.137. The van der Waals surface area contributed by atoms with E-state index in [1.54, 1.807) is 11.9 Å². The Labute approximate surface area is 227 Å². The van der Waals surface area contributed by atoms with Crippen molar-refractivity contribution in [3.05, 3.63) is 65.4 Å². The minimum absolute atomic E-state index is 0.0934. The molecule has 2 heterocycles. The molecule has 0 atom stereocenters. The summed E-state index contributed by atoms with van der Waals surface area (Å²) in [5.41, 5.74) is 5.70. The second-order valence-corrected chi connectivity index (χ2v) is 10.5. The number of nitrogens with two attached hydrogens (primary N) is 1. The van der Waals surface area contributed by atoms with E-state index in [2.05, 4.69) is 14.7 Å². The number of carbonyl (C=O) groups is 1. The minimum Gasteiger partial charge on any atom is -0.504 e. The van der Waals surface area contributed by atoms with Gasteiger partial charge in [0.2, 0.25) is 11.6 Å². The Morgan fingerprint density at radius 3 is 2.58 bits per heavy atom. The van der Waals surface area contributed by atoms with Gasteiger partial charge in [-0.2, -0.15) is 4.39 Å². The van der Waals surface area contributed by atoms with E-state index in [9.17, 15) is 22.7 Å². The maximum atomic E-state index is 15.4. The number of pyridine rings is 1. The van der Waals surface area contributed by atoms with Crippen molar-refractivity contribution in [3.63, 3.8) is 0 Å². The summed E-state index contributed by atoms with van der Waals surface area (Å²) in [5, 5.41) is 17.6. The zero-order valence-electron chi connectivity index (χ0n) is 21.1. The number of rotatable bonds is 9. The van der Waals surface area contributed by atoms with Crippen molar-refractivity contribution in [1.82, 2.24) is 9.88 Å². The second kappa shape index (κ2) is 11.1. The number of carbonyl (C=O) groups excluding carboxylic acids is 1. The molecular formula is C25H23F2N5O7S. The molecule has 15 heteroatoms. The number of halogens is 2. The Hall–Kier alpha value is -4.79. The van der Waals surface area contributed by atoms with Gasteiger partial charge in [-0.05, 0) is 36.4 Å². The number of nitrogens with one attached hydrogen (secondary N) is 1. The fourth-order valence-electron chi connectivity index (χ4n) is 3.66. The Balaban J connectivity index is 1.75. The first-order valence-electron chi connectivity index (χ1n) is 11.5.